The third-order valence-corrected chi connectivity index (χ3v) is 3.73. The van der Waals surface area contributed by atoms with Crippen LogP contribution >= 0.6 is 11.8 Å². The predicted molar refractivity (Wildman–Crippen MR) is 90.0 cm³/mol. The summed E-state index contributed by atoms with van der Waals surface area (Å²) in [5, 5.41) is 5.39. The van der Waals surface area contributed by atoms with Crippen LogP contribution in [0, 0.1) is 0 Å². The van der Waals surface area contributed by atoms with Crippen molar-refractivity contribution in [2.24, 2.45) is 0 Å². The van der Waals surface area contributed by atoms with Gasteiger partial charge in [-0.2, -0.15) is 0 Å². The van der Waals surface area contributed by atoms with E-state index in [0.717, 1.165) is 16.1 Å². The second-order valence-corrected chi connectivity index (χ2v) is 5.60. The molecule has 0 aliphatic carbocycles. The van der Waals surface area contributed by atoms with E-state index in [4.69, 9.17) is 0 Å². The van der Waals surface area contributed by atoms with Crippen molar-refractivity contribution in [2.75, 3.05) is 18.1 Å². The maximum atomic E-state index is 11.8. The van der Waals surface area contributed by atoms with Gasteiger partial charge in [-0.25, -0.2) is 0 Å². The number of hydrogen-bond donors (Lipinski definition) is 2. The van der Waals surface area contributed by atoms with Gasteiger partial charge in [0, 0.05) is 10.6 Å². The molecule has 0 saturated carbocycles. The van der Waals surface area contributed by atoms with E-state index >= 15 is 0 Å². The van der Waals surface area contributed by atoms with E-state index in [2.05, 4.69) is 10.6 Å². The summed E-state index contributed by atoms with van der Waals surface area (Å²) in [5.41, 5.74) is 1.65. The standard InChI is InChI=1S/C17H18N2O2S/c1-22-15-9-5-8-14(11-15)19-17(21)12-18-16(20)10-13-6-3-2-4-7-13/h2-9,11H,10,12H2,1H3,(H,18,20)(H,19,21). The fourth-order valence-electron chi connectivity index (χ4n) is 1.93. The van der Waals surface area contributed by atoms with Crippen molar-refractivity contribution in [2.45, 2.75) is 11.3 Å². The molecule has 22 heavy (non-hydrogen) atoms. The third-order valence-electron chi connectivity index (χ3n) is 3.01. The lowest BCUT2D eigenvalue weighted by Crippen LogP contribution is -2.33. The topological polar surface area (TPSA) is 58.2 Å². The van der Waals surface area contributed by atoms with E-state index < -0.39 is 0 Å². The Labute approximate surface area is 134 Å². The molecule has 0 unspecified atom stereocenters. The van der Waals surface area contributed by atoms with Crippen molar-refractivity contribution in [1.82, 2.24) is 5.32 Å². The maximum absolute atomic E-state index is 11.8. The average Bonchev–Trinajstić information content (AvgIpc) is 2.54. The minimum atomic E-state index is -0.236. The van der Waals surface area contributed by atoms with E-state index in [1.54, 1.807) is 11.8 Å². The molecule has 2 N–H and O–H groups in total. The SMILES string of the molecule is CSc1cccc(NC(=O)CNC(=O)Cc2ccccc2)c1. The summed E-state index contributed by atoms with van der Waals surface area (Å²) >= 11 is 1.61. The van der Waals surface area contributed by atoms with Crippen LogP contribution in [0.5, 0.6) is 0 Å². The van der Waals surface area contributed by atoms with Crippen LogP contribution in [0.15, 0.2) is 59.5 Å². The molecule has 0 atom stereocenters. The van der Waals surface area contributed by atoms with Crippen molar-refractivity contribution in [3.8, 4) is 0 Å². The van der Waals surface area contributed by atoms with E-state index in [-0.39, 0.29) is 24.8 Å². The lowest BCUT2D eigenvalue weighted by atomic mass is 10.1. The molecular weight excluding hydrogens is 296 g/mol. The Kier molecular flexibility index (Phi) is 6.03. The van der Waals surface area contributed by atoms with Gasteiger partial charge in [-0.1, -0.05) is 36.4 Å². The molecule has 0 radical (unpaired) electrons. The van der Waals surface area contributed by atoms with Crippen LogP contribution in [0.25, 0.3) is 0 Å². The second kappa shape index (κ2) is 8.24. The molecule has 0 fully saturated rings. The third kappa shape index (κ3) is 5.26. The normalized spacial score (nSPS) is 10.0. The smallest absolute Gasteiger partial charge is 0.243 e. The number of benzene rings is 2. The van der Waals surface area contributed by atoms with Gasteiger partial charge in [0.15, 0.2) is 0 Å². The Morgan fingerprint density at radius 1 is 1.00 bits per heavy atom. The van der Waals surface area contributed by atoms with E-state index in [9.17, 15) is 9.59 Å². The zero-order valence-electron chi connectivity index (χ0n) is 12.3. The lowest BCUT2D eigenvalue weighted by molar-refractivity contribution is -0.123. The number of amides is 2. The summed E-state index contributed by atoms with van der Waals surface area (Å²) in [6.45, 7) is -0.0326. The quantitative estimate of drug-likeness (QED) is 0.806. The Hall–Kier alpha value is -2.27. The molecule has 0 saturated heterocycles. The zero-order valence-corrected chi connectivity index (χ0v) is 13.2. The monoisotopic (exact) mass is 314 g/mol. The highest BCUT2D eigenvalue weighted by Crippen LogP contribution is 2.18. The summed E-state index contributed by atoms with van der Waals surface area (Å²) in [4.78, 5) is 24.7. The number of nitrogens with one attached hydrogen (secondary N) is 2. The number of hydrogen-bond acceptors (Lipinski definition) is 3. The average molecular weight is 314 g/mol. The van der Waals surface area contributed by atoms with Crippen molar-refractivity contribution in [1.29, 1.82) is 0 Å². The number of carbonyl (C=O) groups excluding carboxylic acids is 2. The van der Waals surface area contributed by atoms with Crippen molar-refractivity contribution >= 4 is 29.3 Å². The van der Waals surface area contributed by atoms with Gasteiger partial charge in [-0.05, 0) is 30.0 Å². The highest BCUT2D eigenvalue weighted by molar-refractivity contribution is 7.98. The van der Waals surface area contributed by atoms with E-state index in [0.29, 0.717) is 0 Å². The molecule has 2 aromatic rings. The fraction of sp³-hybridized carbons (Fsp3) is 0.176. The number of rotatable bonds is 6. The van der Waals surface area contributed by atoms with Gasteiger partial charge in [0.05, 0.1) is 13.0 Å². The van der Waals surface area contributed by atoms with Gasteiger partial charge in [0.2, 0.25) is 11.8 Å². The Morgan fingerprint density at radius 3 is 2.50 bits per heavy atom. The van der Waals surface area contributed by atoms with Crippen LogP contribution in [0.3, 0.4) is 0 Å². The minimum absolute atomic E-state index is 0.0326. The van der Waals surface area contributed by atoms with Crippen LogP contribution in [-0.2, 0) is 16.0 Å². The molecule has 0 heterocycles. The highest BCUT2D eigenvalue weighted by atomic mass is 32.2. The summed E-state index contributed by atoms with van der Waals surface area (Å²) in [7, 11) is 0. The first-order valence-corrected chi connectivity index (χ1v) is 8.14. The van der Waals surface area contributed by atoms with Crippen LogP contribution in [0.2, 0.25) is 0 Å². The molecule has 5 heteroatoms. The molecule has 0 bridgehead atoms. The van der Waals surface area contributed by atoms with Crippen LogP contribution in [-0.4, -0.2) is 24.6 Å². The summed E-state index contributed by atoms with van der Waals surface area (Å²) < 4.78 is 0. The fourth-order valence-corrected chi connectivity index (χ4v) is 2.39. The molecule has 2 amide bonds. The maximum Gasteiger partial charge on any atom is 0.243 e. The van der Waals surface area contributed by atoms with Gasteiger partial charge in [-0.15, -0.1) is 11.8 Å². The van der Waals surface area contributed by atoms with Crippen molar-refractivity contribution in [3.05, 3.63) is 60.2 Å². The zero-order chi connectivity index (χ0) is 15.8. The second-order valence-electron chi connectivity index (χ2n) is 4.72. The molecule has 4 nitrogen and oxygen atoms in total. The van der Waals surface area contributed by atoms with Crippen molar-refractivity contribution in [3.63, 3.8) is 0 Å². The molecule has 0 aromatic heterocycles. The van der Waals surface area contributed by atoms with Crippen molar-refractivity contribution < 1.29 is 9.59 Å². The van der Waals surface area contributed by atoms with Crippen LogP contribution in [0.1, 0.15) is 5.56 Å². The molecule has 0 aliphatic rings. The van der Waals surface area contributed by atoms with Crippen LogP contribution in [0.4, 0.5) is 5.69 Å². The predicted octanol–water partition coefficient (Wildman–Crippen LogP) is 2.71. The highest BCUT2D eigenvalue weighted by Gasteiger charge is 2.07. The number of carbonyl (C=O) groups is 2. The van der Waals surface area contributed by atoms with Gasteiger partial charge < -0.3 is 10.6 Å². The lowest BCUT2D eigenvalue weighted by Gasteiger charge is -2.08. The first-order chi connectivity index (χ1) is 10.7. The van der Waals surface area contributed by atoms with Gasteiger partial charge in [-0.3, -0.25) is 9.59 Å². The van der Waals surface area contributed by atoms with E-state index in [1.807, 2.05) is 60.9 Å². The number of thioether (sulfide) groups is 1. The summed E-state index contributed by atoms with van der Waals surface area (Å²) in [6, 6.07) is 17.0. The van der Waals surface area contributed by atoms with Crippen LogP contribution < -0.4 is 10.6 Å². The van der Waals surface area contributed by atoms with Gasteiger partial charge in [0.1, 0.15) is 0 Å². The molecular formula is C17H18N2O2S. The molecule has 0 spiro atoms. The largest absolute Gasteiger partial charge is 0.347 e. The molecule has 2 aromatic carbocycles. The molecule has 114 valence electrons. The van der Waals surface area contributed by atoms with Gasteiger partial charge in [0.25, 0.3) is 0 Å². The first kappa shape index (κ1) is 16.1. The van der Waals surface area contributed by atoms with E-state index in [1.165, 1.54) is 0 Å². The molecule has 2 rings (SSSR count). The summed E-state index contributed by atoms with van der Waals surface area (Å²) in [5.74, 6) is -0.404. The Balaban J connectivity index is 1.78. The summed E-state index contributed by atoms with van der Waals surface area (Å²) in [6.07, 6.45) is 2.25. The minimum Gasteiger partial charge on any atom is -0.347 e. The van der Waals surface area contributed by atoms with Gasteiger partial charge >= 0.3 is 0 Å². The Morgan fingerprint density at radius 2 is 1.77 bits per heavy atom. The molecule has 0 aliphatic heterocycles. The first-order valence-electron chi connectivity index (χ1n) is 6.92. The Bertz CT molecular complexity index is 644. The number of anilines is 1.